The van der Waals surface area contributed by atoms with Gasteiger partial charge in [0.1, 0.15) is 11.6 Å². The van der Waals surface area contributed by atoms with Crippen LogP contribution in [0.4, 0.5) is 0 Å². The Morgan fingerprint density at radius 1 is 1.22 bits per heavy atom. The van der Waals surface area contributed by atoms with E-state index in [0.717, 1.165) is 25.7 Å². The number of hydrogen-bond acceptors (Lipinski definition) is 2. The Bertz CT molecular complexity index is 399. The minimum atomic E-state index is -0.634. The van der Waals surface area contributed by atoms with Crippen LogP contribution in [0.15, 0.2) is 0 Å². The molecule has 1 N–H and O–H groups in total. The minimum Gasteiger partial charge on any atom is -0.340 e. The smallest absolute Gasteiger partial charge is 0.249 e. The Morgan fingerprint density at radius 3 is 2.28 bits per heavy atom. The van der Waals surface area contributed by atoms with Crippen molar-refractivity contribution in [2.75, 3.05) is 0 Å². The van der Waals surface area contributed by atoms with E-state index in [9.17, 15) is 9.59 Å². The molecule has 1 saturated heterocycles. The normalized spacial score (nSPS) is 37.1. The SMILES string of the molecule is CC(C)C1C(=O)NC(C)(C2CC2)C(=O)N1C1CC1. The van der Waals surface area contributed by atoms with Gasteiger partial charge in [-0.3, -0.25) is 9.59 Å². The molecule has 4 heteroatoms. The van der Waals surface area contributed by atoms with Gasteiger partial charge in [-0.05, 0) is 44.4 Å². The monoisotopic (exact) mass is 250 g/mol. The molecule has 2 amide bonds. The van der Waals surface area contributed by atoms with Gasteiger partial charge in [0.25, 0.3) is 0 Å². The van der Waals surface area contributed by atoms with E-state index in [4.69, 9.17) is 0 Å². The van der Waals surface area contributed by atoms with E-state index in [1.165, 1.54) is 0 Å². The summed E-state index contributed by atoms with van der Waals surface area (Å²) in [4.78, 5) is 27.1. The molecule has 0 aromatic carbocycles. The fourth-order valence-corrected chi connectivity index (χ4v) is 3.21. The van der Waals surface area contributed by atoms with Gasteiger partial charge in [0.05, 0.1) is 0 Å². The summed E-state index contributed by atoms with van der Waals surface area (Å²) in [6.07, 6.45) is 4.24. The van der Waals surface area contributed by atoms with Crippen molar-refractivity contribution in [3.8, 4) is 0 Å². The number of rotatable bonds is 3. The fraction of sp³-hybridized carbons (Fsp3) is 0.857. The highest BCUT2D eigenvalue weighted by Gasteiger charge is 2.58. The molecule has 2 saturated carbocycles. The predicted octanol–water partition coefficient (Wildman–Crippen LogP) is 1.30. The highest BCUT2D eigenvalue weighted by atomic mass is 16.2. The second-order valence-electron chi connectivity index (χ2n) is 6.60. The van der Waals surface area contributed by atoms with Crippen LogP contribution in [-0.4, -0.2) is 34.3 Å². The average Bonchev–Trinajstić information content (AvgIpc) is 3.16. The summed E-state index contributed by atoms with van der Waals surface area (Å²) < 4.78 is 0. The third-order valence-electron chi connectivity index (χ3n) is 4.60. The van der Waals surface area contributed by atoms with E-state index in [0.29, 0.717) is 12.0 Å². The quantitative estimate of drug-likeness (QED) is 0.821. The lowest BCUT2D eigenvalue weighted by Crippen LogP contribution is -2.71. The standard InChI is InChI=1S/C14H22N2O2/c1-8(2)11-12(17)15-14(3,9-4-5-9)13(18)16(11)10-6-7-10/h8-11H,4-7H2,1-3H3,(H,15,17). The first-order chi connectivity index (χ1) is 8.45. The molecule has 2 aliphatic carbocycles. The lowest BCUT2D eigenvalue weighted by molar-refractivity contribution is -0.158. The van der Waals surface area contributed by atoms with Gasteiger partial charge >= 0.3 is 0 Å². The van der Waals surface area contributed by atoms with Gasteiger partial charge in [0, 0.05) is 6.04 Å². The maximum atomic E-state index is 12.8. The summed E-state index contributed by atoms with van der Waals surface area (Å²) in [5.74, 6) is 0.735. The van der Waals surface area contributed by atoms with Gasteiger partial charge in [0.2, 0.25) is 11.8 Å². The Morgan fingerprint density at radius 2 is 1.83 bits per heavy atom. The molecule has 2 unspecified atom stereocenters. The largest absolute Gasteiger partial charge is 0.340 e. The molecule has 1 aliphatic heterocycles. The maximum absolute atomic E-state index is 12.8. The lowest BCUT2D eigenvalue weighted by atomic mass is 9.86. The zero-order chi connectivity index (χ0) is 13.1. The van der Waals surface area contributed by atoms with Crippen molar-refractivity contribution < 1.29 is 9.59 Å². The molecular weight excluding hydrogens is 228 g/mol. The molecule has 100 valence electrons. The van der Waals surface area contributed by atoms with Crippen molar-refractivity contribution in [2.24, 2.45) is 11.8 Å². The van der Waals surface area contributed by atoms with Crippen LogP contribution >= 0.6 is 0 Å². The van der Waals surface area contributed by atoms with Crippen LogP contribution in [0, 0.1) is 11.8 Å². The number of nitrogens with one attached hydrogen (secondary N) is 1. The molecule has 3 fully saturated rings. The number of hydrogen-bond donors (Lipinski definition) is 1. The van der Waals surface area contributed by atoms with Gasteiger partial charge in [-0.15, -0.1) is 0 Å². The Labute approximate surface area is 108 Å². The van der Waals surface area contributed by atoms with Crippen LogP contribution in [0.1, 0.15) is 46.5 Å². The van der Waals surface area contributed by atoms with E-state index >= 15 is 0 Å². The molecule has 0 spiro atoms. The number of carbonyl (C=O) groups excluding carboxylic acids is 2. The van der Waals surface area contributed by atoms with E-state index in [2.05, 4.69) is 5.32 Å². The van der Waals surface area contributed by atoms with E-state index in [1.807, 2.05) is 25.7 Å². The third kappa shape index (κ3) is 1.65. The number of carbonyl (C=O) groups is 2. The fourth-order valence-electron chi connectivity index (χ4n) is 3.21. The van der Waals surface area contributed by atoms with Crippen LogP contribution in [-0.2, 0) is 9.59 Å². The first-order valence-electron chi connectivity index (χ1n) is 7.10. The van der Waals surface area contributed by atoms with Gasteiger partial charge in [-0.2, -0.15) is 0 Å². The minimum absolute atomic E-state index is 0.0471. The van der Waals surface area contributed by atoms with Crippen molar-refractivity contribution >= 4 is 11.8 Å². The topological polar surface area (TPSA) is 49.4 Å². The van der Waals surface area contributed by atoms with Crippen LogP contribution in [0.3, 0.4) is 0 Å². The molecule has 3 rings (SSSR count). The summed E-state index contributed by atoms with van der Waals surface area (Å²) >= 11 is 0. The first-order valence-corrected chi connectivity index (χ1v) is 7.10. The van der Waals surface area contributed by atoms with Crippen molar-refractivity contribution in [1.82, 2.24) is 10.2 Å². The van der Waals surface area contributed by atoms with E-state index in [-0.39, 0.29) is 23.8 Å². The number of piperazine rings is 1. The van der Waals surface area contributed by atoms with Crippen LogP contribution in [0.25, 0.3) is 0 Å². The van der Waals surface area contributed by atoms with Gasteiger partial charge in [0.15, 0.2) is 0 Å². The average molecular weight is 250 g/mol. The van der Waals surface area contributed by atoms with Crippen molar-refractivity contribution in [3.63, 3.8) is 0 Å². The highest BCUT2D eigenvalue weighted by molar-refractivity contribution is 6.00. The molecule has 18 heavy (non-hydrogen) atoms. The molecule has 0 bridgehead atoms. The first kappa shape index (κ1) is 12.0. The number of nitrogens with zero attached hydrogens (tertiary/aromatic N) is 1. The van der Waals surface area contributed by atoms with Crippen LogP contribution < -0.4 is 5.32 Å². The zero-order valence-electron chi connectivity index (χ0n) is 11.4. The zero-order valence-corrected chi connectivity index (χ0v) is 11.4. The van der Waals surface area contributed by atoms with Crippen molar-refractivity contribution in [2.45, 2.75) is 64.1 Å². The van der Waals surface area contributed by atoms with Gasteiger partial charge in [-0.1, -0.05) is 13.8 Å². The van der Waals surface area contributed by atoms with Crippen LogP contribution in [0.2, 0.25) is 0 Å². The molecule has 3 aliphatic rings. The van der Waals surface area contributed by atoms with Gasteiger partial charge < -0.3 is 10.2 Å². The molecule has 0 aromatic rings. The summed E-state index contributed by atoms with van der Waals surface area (Å²) in [6, 6.07) is 0.0471. The molecule has 1 heterocycles. The van der Waals surface area contributed by atoms with Crippen LogP contribution in [0.5, 0.6) is 0 Å². The summed E-state index contributed by atoms with van der Waals surface area (Å²) in [7, 11) is 0. The van der Waals surface area contributed by atoms with Crippen molar-refractivity contribution in [3.05, 3.63) is 0 Å². The molecule has 2 atom stereocenters. The van der Waals surface area contributed by atoms with E-state index in [1.54, 1.807) is 0 Å². The second kappa shape index (κ2) is 3.72. The summed E-state index contributed by atoms with van der Waals surface area (Å²) in [5, 5.41) is 3.02. The maximum Gasteiger partial charge on any atom is 0.249 e. The second-order valence-corrected chi connectivity index (χ2v) is 6.60. The third-order valence-corrected chi connectivity index (χ3v) is 4.60. The molecule has 0 radical (unpaired) electrons. The van der Waals surface area contributed by atoms with E-state index < -0.39 is 5.54 Å². The Kier molecular flexibility index (Phi) is 2.48. The van der Waals surface area contributed by atoms with Gasteiger partial charge in [-0.25, -0.2) is 0 Å². The Hall–Kier alpha value is -1.06. The molecular formula is C14H22N2O2. The lowest BCUT2D eigenvalue weighted by Gasteiger charge is -2.46. The molecule has 0 aromatic heterocycles. The Balaban J connectivity index is 1.93. The van der Waals surface area contributed by atoms with Crippen molar-refractivity contribution in [1.29, 1.82) is 0 Å². The summed E-state index contributed by atoms with van der Waals surface area (Å²) in [5.41, 5.74) is -0.634. The number of amides is 2. The molecule has 4 nitrogen and oxygen atoms in total. The summed E-state index contributed by atoms with van der Waals surface area (Å²) in [6.45, 7) is 5.95. The predicted molar refractivity (Wildman–Crippen MR) is 67.8 cm³/mol. The highest BCUT2D eigenvalue weighted by Crippen LogP contribution is 2.45.